The smallest absolute Gasteiger partial charge is 0.251 e. The number of imidazole rings is 1. The average molecular weight is 475 g/mol. The third-order valence-corrected chi connectivity index (χ3v) is 7.15. The molecule has 1 aliphatic rings. The summed E-state index contributed by atoms with van der Waals surface area (Å²) in [7, 11) is -0.785. The van der Waals surface area contributed by atoms with Gasteiger partial charge >= 0.3 is 0 Å². The summed E-state index contributed by atoms with van der Waals surface area (Å²) in [5, 5.41) is 2.98. The topological polar surface area (TPSA) is 93.0 Å². The monoisotopic (exact) mass is 474 g/mol. The van der Waals surface area contributed by atoms with Crippen molar-refractivity contribution in [1.82, 2.24) is 24.8 Å². The summed E-state index contributed by atoms with van der Waals surface area (Å²) in [5.41, 5.74) is 3.76. The van der Waals surface area contributed by atoms with E-state index in [0.29, 0.717) is 42.2 Å². The van der Waals surface area contributed by atoms with Gasteiger partial charge in [0.05, 0.1) is 17.4 Å². The minimum absolute atomic E-state index is 0.128. The van der Waals surface area contributed by atoms with E-state index in [2.05, 4.69) is 15.2 Å². The fraction of sp³-hybridized carbons (Fsp3) is 0.280. The Balaban J connectivity index is 1.40. The molecule has 2 aromatic carbocycles. The van der Waals surface area contributed by atoms with Crippen LogP contribution >= 0.6 is 0 Å². The normalized spacial score (nSPS) is 14.4. The van der Waals surface area contributed by atoms with Crippen LogP contribution in [0.5, 0.6) is 0 Å². The molecule has 3 heterocycles. The second-order valence-electron chi connectivity index (χ2n) is 8.21. The summed E-state index contributed by atoms with van der Waals surface area (Å²) in [4.78, 5) is 28.8. The van der Waals surface area contributed by atoms with Gasteiger partial charge in [0.2, 0.25) is 0 Å². The van der Waals surface area contributed by atoms with Crippen molar-refractivity contribution in [3.05, 3.63) is 72.8 Å². The Morgan fingerprint density at radius 1 is 1.03 bits per heavy atom. The van der Waals surface area contributed by atoms with Crippen LogP contribution in [0, 0.1) is 0 Å². The van der Waals surface area contributed by atoms with Gasteiger partial charge in [0.1, 0.15) is 5.69 Å². The van der Waals surface area contributed by atoms with Crippen molar-refractivity contribution in [2.45, 2.75) is 13.0 Å². The van der Waals surface area contributed by atoms with Crippen LogP contribution in [0.4, 0.5) is 5.82 Å². The number of anilines is 1. The highest BCUT2D eigenvalue weighted by atomic mass is 32.2. The molecule has 8 nitrogen and oxygen atoms in total. The molecular formula is C25H26N6O2S. The number of rotatable bonds is 7. The minimum Gasteiger partial charge on any atom is -0.353 e. The molecule has 1 aliphatic heterocycles. The SMILES string of the molecule is O=C(NCCCn1ccnc1)c1ccc2nc(-c3ccccc3)c(N3CCS(=O)CC3)nc2c1. The number of nitrogens with zero attached hydrogens (tertiary/aromatic N) is 5. The Morgan fingerprint density at radius 2 is 1.85 bits per heavy atom. The van der Waals surface area contributed by atoms with E-state index in [0.717, 1.165) is 35.6 Å². The Kier molecular flexibility index (Phi) is 6.62. The molecule has 5 rings (SSSR count). The van der Waals surface area contributed by atoms with Gasteiger partial charge in [-0.3, -0.25) is 9.00 Å². The first kappa shape index (κ1) is 22.2. The maximum atomic E-state index is 12.7. The highest BCUT2D eigenvalue weighted by Gasteiger charge is 2.22. The zero-order chi connectivity index (χ0) is 23.3. The van der Waals surface area contributed by atoms with Crippen LogP contribution in [0.3, 0.4) is 0 Å². The van der Waals surface area contributed by atoms with E-state index in [1.165, 1.54) is 0 Å². The molecule has 0 radical (unpaired) electrons. The fourth-order valence-electron chi connectivity index (χ4n) is 4.03. The zero-order valence-electron chi connectivity index (χ0n) is 18.8. The number of carbonyl (C=O) groups excluding carboxylic acids is 1. The van der Waals surface area contributed by atoms with Gasteiger partial charge < -0.3 is 14.8 Å². The lowest BCUT2D eigenvalue weighted by Gasteiger charge is -2.29. The minimum atomic E-state index is -0.785. The summed E-state index contributed by atoms with van der Waals surface area (Å²) in [6, 6.07) is 15.4. The molecule has 0 spiro atoms. The number of aryl methyl sites for hydroxylation is 1. The van der Waals surface area contributed by atoms with Crippen molar-refractivity contribution in [1.29, 1.82) is 0 Å². The van der Waals surface area contributed by atoms with E-state index in [1.54, 1.807) is 24.7 Å². The maximum Gasteiger partial charge on any atom is 0.251 e. The molecule has 174 valence electrons. The molecule has 0 unspecified atom stereocenters. The third kappa shape index (κ3) is 4.99. The van der Waals surface area contributed by atoms with E-state index in [9.17, 15) is 9.00 Å². The molecule has 1 fully saturated rings. The number of hydrogen-bond acceptors (Lipinski definition) is 6. The van der Waals surface area contributed by atoms with Crippen molar-refractivity contribution in [3.8, 4) is 11.3 Å². The maximum absolute atomic E-state index is 12.7. The second kappa shape index (κ2) is 10.1. The molecule has 34 heavy (non-hydrogen) atoms. The number of hydrogen-bond donors (Lipinski definition) is 1. The molecule has 4 aromatic rings. The molecule has 2 aromatic heterocycles. The Hall–Kier alpha value is -3.59. The van der Waals surface area contributed by atoms with E-state index in [1.807, 2.05) is 47.2 Å². The number of carbonyl (C=O) groups is 1. The lowest BCUT2D eigenvalue weighted by molar-refractivity contribution is 0.0953. The van der Waals surface area contributed by atoms with Crippen molar-refractivity contribution in [3.63, 3.8) is 0 Å². The molecule has 0 aliphatic carbocycles. The summed E-state index contributed by atoms with van der Waals surface area (Å²) in [6.07, 6.45) is 6.24. The first-order chi connectivity index (χ1) is 16.7. The molecular weight excluding hydrogens is 448 g/mol. The molecule has 0 atom stereocenters. The van der Waals surface area contributed by atoms with Gasteiger partial charge in [-0.2, -0.15) is 0 Å². The third-order valence-electron chi connectivity index (χ3n) is 5.87. The predicted molar refractivity (Wildman–Crippen MR) is 134 cm³/mol. The number of nitrogens with one attached hydrogen (secondary N) is 1. The van der Waals surface area contributed by atoms with Crippen LogP contribution < -0.4 is 10.2 Å². The quantitative estimate of drug-likeness (QED) is 0.414. The van der Waals surface area contributed by atoms with Gasteiger partial charge in [-0.25, -0.2) is 15.0 Å². The zero-order valence-corrected chi connectivity index (χ0v) is 19.6. The number of fused-ring (bicyclic) bond motifs is 1. The van der Waals surface area contributed by atoms with Crippen LogP contribution in [0.15, 0.2) is 67.3 Å². The van der Waals surface area contributed by atoms with Gasteiger partial charge in [0, 0.05) is 72.0 Å². The Labute approximate surface area is 200 Å². The standard InChI is InChI=1S/C25H26N6O2S/c32-25(27-9-4-11-30-12-10-26-18-30)20-7-8-21-22(17-20)29-24(31-13-15-34(33)16-14-31)23(28-21)19-5-2-1-3-6-19/h1-3,5-8,10,12,17-18H,4,9,11,13-16H2,(H,27,32). The first-order valence-corrected chi connectivity index (χ1v) is 12.9. The van der Waals surface area contributed by atoms with Crippen LogP contribution in [0.1, 0.15) is 16.8 Å². The van der Waals surface area contributed by atoms with Gasteiger partial charge in [0.25, 0.3) is 5.91 Å². The van der Waals surface area contributed by atoms with Crippen LogP contribution in [0.25, 0.3) is 22.3 Å². The molecule has 0 saturated carbocycles. The van der Waals surface area contributed by atoms with Crippen molar-refractivity contribution in [2.75, 3.05) is 36.0 Å². The Bertz CT molecular complexity index is 1300. The largest absolute Gasteiger partial charge is 0.353 e. The molecule has 1 amide bonds. The highest BCUT2D eigenvalue weighted by molar-refractivity contribution is 7.85. The summed E-state index contributed by atoms with van der Waals surface area (Å²) in [5.74, 6) is 1.88. The Morgan fingerprint density at radius 3 is 2.62 bits per heavy atom. The second-order valence-corrected chi connectivity index (χ2v) is 9.91. The summed E-state index contributed by atoms with van der Waals surface area (Å²) in [6.45, 7) is 2.72. The van der Waals surface area contributed by atoms with E-state index in [4.69, 9.17) is 9.97 Å². The highest BCUT2D eigenvalue weighted by Crippen LogP contribution is 2.30. The van der Waals surface area contributed by atoms with Crippen LogP contribution in [-0.4, -0.2) is 60.8 Å². The number of aromatic nitrogens is 4. The number of benzene rings is 2. The van der Waals surface area contributed by atoms with E-state index in [-0.39, 0.29) is 5.91 Å². The fourth-order valence-corrected chi connectivity index (χ4v) is 5.08. The van der Waals surface area contributed by atoms with Gasteiger partial charge in [0.15, 0.2) is 5.82 Å². The van der Waals surface area contributed by atoms with Crippen LogP contribution in [0.2, 0.25) is 0 Å². The predicted octanol–water partition coefficient (Wildman–Crippen LogP) is 2.88. The van der Waals surface area contributed by atoms with E-state index < -0.39 is 10.8 Å². The van der Waals surface area contributed by atoms with Crippen molar-refractivity contribution in [2.24, 2.45) is 0 Å². The van der Waals surface area contributed by atoms with Crippen molar-refractivity contribution < 1.29 is 9.00 Å². The van der Waals surface area contributed by atoms with Crippen molar-refractivity contribution >= 4 is 33.6 Å². The molecule has 0 bridgehead atoms. The molecule has 1 saturated heterocycles. The molecule has 1 N–H and O–H groups in total. The lowest BCUT2D eigenvalue weighted by atomic mass is 10.1. The van der Waals surface area contributed by atoms with Crippen LogP contribution in [-0.2, 0) is 17.3 Å². The summed E-state index contributed by atoms with van der Waals surface area (Å²) >= 11 is 0. The first-order valence-electron chi connectivity index (χ1n) is 11.4. The van der Waals surface area contributed by atoms with Gasteiger partial charge in [-0.05, 0) is 24.6 Å². The van der Waals surface area contributed by atoms with E-state index >= 15 is 0 Å². The summed E-state index contributed by atoms with van der Waals surface area (Å²) < 4.78 is 13.9. The lowest BCUT2D eigenvalue weighted by Crippen LogP contribution is -2.38. The number of amides is 1. The molecule has 9 heteroatoms. The average Bonchev–Trinajstić information content (AvgIpc) is 3.40. The van der Waals surface area contributed by atoms with Gasteiger partial charge in [-0.1, -0.05) is 30.3 Å². The van der Waals surface area contributed by atoms with Gasteiger partial charge in [-0.15, -0.1) is 0 Å².